The van der Waals surface area contributed by atoms with Crippen LogP contribution in [0, 0.1) is 5.92 Å². The summed E-state index contributed by atoms with van der Waals surface area (Å²) in [5.41, 5.74) is 1.97. The molecule has 0 saturated heterocycles. The summed E-state index contributed by atoms with van der Waals surface area (Å²) in [6.45, 7) is 8.39. The third kappa shape index (κ3) is 4.85. The van der Waals surface area contributed by atoms with Crippen LogP contribution in [0.15, 0.2) is 24.3 Å². The highest BCUT2D eigenvalue weighted by atomic mass is 16.2. The second-order valence-corrected chi connectivity index (χ2v) is 5.41. The quantitative estimate of drug-likeness (QED) is 0.745. The maximum atomic E-state index is 12.0. The molecular weight excluding hydrogens is 250 g/mol. The molecule has 3 N–H and O–H groups in total. The molecule has 112 valence electrons. The topological polar surface area (TPSA) is 53.2 Å². The molecule has 0 aliphatic heterocycles. The van der Waals surface area contributed by atoms with E-state index >= 15 is 0 Å². The number of amides is 2. The van der Waals surface area contributed by atoms with Crippen molar-refractivity contribution in [3.05, 3.63) is 29.8 Å². The van der Waals surface area contributed by atoms with E-state index in [1.165, 1.54) is 0 Å². The lowest BCUT2D eigenvalue weighted by Crippen LogP contribution is -2.39. The molecule has 1 rings (SSSR count). The van der Waals surface area contributed by atoms with Gasteiger partial charge in [-0.25, -0.2) is 4.79 Å². The largest absolute Gasteiger partial charge is 0.335 e. The molecule has 0 aliphatic carbocycles. The van der Waals surface area contributed by atoms with Crippen LogP contribution in [-0.4, -0.2) is 19.1 Å². The highest BCUT2D eigenvalue weighted by Crippen LogP contribution is 2.17. The molecule has 0 aromatic heterocycles. The molecular formula is C16H27N3O. The lowest BCUT2D eigenvalue weighted by atomic mass is 10.0. The summed E-state index contributed by atoms with van der Waals surface area (Å²) in [5.74, 6) is 0.469. The Morgan fingerprint density at radius 1 is 1.25 bits per heavy atom. The Morgan fingerprint density at radius 2 is 1.95 bits per heavy atom. The van der Waals surface area contributed by atoms with Gasteiger partial charge in [0.25, 0.3) is 0 Å². The van der Waals surface area contributed by atoms with Gasteiger partial charge in [-0.3, -0.25) is 0 Å². The molecule has 0 radical (unpaired) electrons. The van der Waals surface area contributed by atoms with E-state index in [0.29, 0.717) is 5.92 Å². The molecule has 0 saturated carbocycles. The fraction of sp³-hybridized carbons (Fsp3) is 0.562. The number of nitrogens with one attached hydrogen (secondary N) is 3. The van der Waals surface area contributed by atoms with E-state index in [1.54, 1.807) is 0 Å². The molecule has 0 bridgehead atoms. The summed E-state index contributed by atoms with van der Waals surface area (Å²) in [5, 5.41) is 9.06. The molecule has 1 aromatic carbocycles. The van der Waals surface area contributed by atoms with Crippen LogP contribution in [0.2, 0.25) is 0 Å². The van der Waals surface area contributed by atoms with Gasteiger partial charge in [-0.2, -0.15) is 0 Å². The van der Waals surface area contributed by atoms with E-state index < -0.39 is 0 Å². The van der Waals surface area contributed by atoms with Crippen LogP contribution in [0.3, 0.4) is 0 Å². The zero-order valence-corrected chi connectivity index (χ0v) is 13.2. The minimum Gasteiger partial charge on any atom is -0.335 e. The van der Waals surface area contributed by atoms with Crippen molar-refractivity contribution in [2.45, 2.75) is 46.2 Å². The Hall–Kier alpha value is -1.55. The number of benzene rings is 1. The van der Waals surface area contributed by atoms with Gasteiger partial charge >= 0.3 is 6.03 Å². The molecule has 0 heterocycles. The molecule has 0 aliphatic rings. The van der Waals surface area contributed by atoms with Crippen LogP contribution in [0.1, 0.15) is 45.7 Å². The molecule has 4 heteroatoms. The fourth-order valence-electron chi connectivity index (χ4n) is 1.92. The van der Waals surface area contributed by atoms with Gasteiger partial charge in [-0.15, -0.1) is 0 Å². The molecule has 4 nitrogen and oxygen atoms in total. The van der Waals surface area contributed by atoms with Gasteiger partial charge in [-0.1, -0.05) is 32.4 Å². The minimum atomic E-state index is -0.146. The zero-order valence-electron chi connectivity index (χ0n) is 13.2. The summed E-state index contributed by atoms with van der Waals surface area (Å²) in [6.07, 6.45) is 1.05. The van der Waals surface area contributed by atoms with Crippen LogP contribution in [0.25, 0.3) is 0 Å². The smallest absolute Gasteiger partial charge is 0.319 e. The van der Waals surface area contributed by atoms with Gasteiger partial charge in [0, 0.05) is 17.8 Å². The van der Waals surface area contributed by atoms with Crippen molar-refractivity contribution in [2.75, 3.05) is 12.4 Å². The molecule has 3 unspecified atom stereocenters. The molecule has 20 heavy (non-hydrogen) atoms. The van der Waals surface area contributed by atoms with Crippen LogP contribution in [0.4, 0.5) is 10.5 Å². The average Bonchev–Trinajstić information content (AvgIpc) is 2.45. The standard InChI is InChI=1S/C16H27N3O/c1-6-11(2)12(3)18-16(20)19-15-9-7-8-14(10-15)13(4)17-5/h7-13,17H,6H2,1-5H3,(H2,18,19,20). The lowest BCUT2D eigenvalue weighted by molar-refractivity contribution is 0.244. The fourth-order valence-corrected chi connectivity index (χ4v) is 1.92. The normalized spacial score (nSPS) is 15.2. The summed E-state index contributed by atoms with van der Waals surface area (Å²) >= 11 is 0. The van der Waals surface area contributed by atoms with Crippen molar-refractivity contribution in [1.29, 1.82) is 0 Å². The van der Waals surface area contributed by atoms with Crippen LogP contribution < -0.4 is 16.0 Å². The Bertz CT molecular complexity index is 433. The highest BCUT2D eigenvalue weighted by molar-refractivity contribution is 5.89. The molecule has 0 spiro atoms. The monoisotopic (exact) mass is 277 g/mol. The van der Waals surface area contributed by atoms with Crippen molar-refractivity contribution < 1.29 is 4.79 Å². The van der Waals surface area contributed by atoms with Gasteiger partial charge in [0.15, 0.2) is 0 Å². The first kappa shape index (κ1) is 16.5. The van der Waals surface area contributed by atoms with Crippen molar-refractivity contribution >= 4 is 11.7 Å². The summed E-state index contributed by atoms with van der Waals surface area (Å²) in [6, 6.07) is 8.18. The maximum absolute atomic E-state index is 12.0. The number of anilines is 1. The Balaban J connectivity index is 2.62. The molecule has 0 fully saturated rings. The number of hydrogen-bond donors (Lipinski definition) is 3. The molecule has 2 amide bonds. The van der Waals surface area contributed by atoms with Crippen molar-refractivity contribution in [2.24, 2.45) is 5.92 Å². The minimum absolute atomic E-state index is 0.146. The van der Waals surface area contributed by atoms with E-state index in [1.807, 2.05) is 38.2 Å². The van der Waals surface area contributed by atoms with Gasteiger partial charge in [0.1, 0.15) is 0 Å². The first-order valence-electron chi connectivity index (χ1n) is 7.32. The lowest BCUT2D eigenvalue weighted by Gasteiger charge is -2.20. The Labute approximate surface area is 122 Å². The predicted octanol–water partition coefficient (Wildman–Crippen LogP) is 3.52. The average molecular weight is 277 g/mol. The Morgan fingerprint density at radius 3 is 2.55 bits per heavy atom. The maximum Gasteiger partial charge on any atom is 0.319 e. The van der Waals surface area contributed by atoms with Crippen molar-refractivity contribution in [3.63, 3.8) is 0 Å². The van der Waals surface area contributed by atoms with Crippen molar-refractivity contribution in [3.8, 4) is 0 Å². The Kier molecular flexibility index (Phi) is 6.52. The van der Waals surface area contributed by atoms with E-state index in [-0.39, 0.29) is 18.1 Å². The van der Waals surface area contributed by atoms with Crippen LogP contribution in [0.5, 0.6) is 0 Å². The number of urea groups is 1. The molecule has 1 aromatic rings. The van der Waals surface area contributed by atoms with E-state index in [0.717, 1.165) is 17.7 Å². The second kappa shape index (κ2) is 7.90. The second-order valence-electron chi connectivity index (χ2n) is 5.41. The van der Waals surface area contributed by atoms with E-state index in [2.05, 4.69) is 36.7 Å². The van der Waals surface area contributed by atoms with Gasteiger partial charge in [0.2, 0.25) is 0 Å². The van der Waals surface area contributed by atoms with Crippen LogP contribution in [-0.2, 0) is 0 Å². The summed E-state index contributed by atoms with van der Waals surface area (Å²) in [7, 11) is 1.92. The van der Waals surface area contributed by atoms with Crippen molar-refractivity contribution in [1.82, 2.24) is 10.6 Å². The van der Waals surface area contributed by atoms with Crippen LogP contribution >= 0.6 is 0 Å². The first-order chi connectivity index (χ1) is 9.47. The highest BCUT2D eigenvalue weighted by Gasteiger charge is 2.13. The number of carbonyl (C=O) groups is 1. The third-order valence-corrected chi connectivity index (χ3v) is 3.93. The van der Waals surface area contributed by atoms with Gasteiger partial charge in [0.05, 0.1) is 0 Å². The van der Waals surface area contributed by atoms with E-state index in [4.69, 9.17) is 0 Å². The zero-order chi connectivity index (χ0) is 15.1. The van der Waals surface area contributed by atoms with E-state index in [9.17, 15) is 4.79 Å². The van der Waals surface area contributed by atoms with Gasteiger partial charge < -0.3 is 16.0 Å². The summed E-state index contributed by atoms with van der Waals surface area (Å²) in [4.78, 5) is 12.0. The van der Waals surface area contributed by atoms with Gasteiger partial charge in [-0.05, 0) is 44.5 Å². The summed E-state index contributed by atoms with van der Waals surface area (Å²) < 4.78 is 0. The third-order valence-electron chi connectivity index (χ3n) is 3.93. The first-order valence-corrected chi connectivity index (χ1v) is 7.32. The number of carbonyl (C=O) groups excluding carboxylic acids is 1. The molecule has 3 atom stereocenters. The number of hydrogen-bond acceptors (Lipinski definition) is 2. The SMILES string of the molecule is CCC(C)C(C)NC(=O)Nc1cccc(C(C)NC)c1. The predicted molar refractivity (Wildman–Crippen MR) is 85.0 cm³/mol. The number of rotatable bonds is 6.